The molecule has 0 saturated carbocycles. The first-order valence-corrected chi connectivity index (χ1v) is 7.50. The number of carbonyl (C=O) groups is 1. The molecule has 0 bridgehead atoms. The second-order valence-corrected chi connectivity index (χ2v) is 6.14. The van der Waals surface area contributed by atoms with Gasteiger partial charge in [0.1, 0.15) is 0 Å². The van der Waals surface area contributed by atoms with Crippen molar-refractivity contribution in [2.75, 3.05) is 6.54 Å². The molecule has 1 saturated heterocycles. The summed E-state index contributed by atoms with van der Waals surface area (Å²) in [7, 11) is 0. The van der Waals surface area contributed by atoms with E-state index in [1.54, 1.807) is 11.3 Å². The number of likely N-dealkylation sites (tertiary alicyclic amines) is 1. The number of piperidine rings is 1. The molecule has 5 heteroatoms. The van der Waals surface area contributed by atoms with Gasteiger partial charge in [-0.1, -0.05) is 0 Å². The minimum Gasteiger partial charge on any atom is -0.481 e. The third-order valence-electron chi connectivity index (χ3n) is 3.50. The van der Waals surface area contributed by atoms with Gasteiger partial charge in [0.25, 0.3) is 0 Å². The number of carboxylic acids is 1. The lowest BCUT2D eigenvalue weighted by Crippen LogP contribution is -2.45. The molecule has 0 amide bonds. The fourth-order valence-corrected chi connectivity index (χ4v) is 3.83. The van der Waals surface area contributed by atoms with Crippen LogP contribution in [0.5, 0.6) is 0 Å². The Balaban J connectivity index is 2.06. The van der Waals surface area contributed by atoms with Gasteiger partial charge in [-0.25, -0.2) is 0 Å². The summed E-state index contributed by atoms with van der Waals surface area (Å²) in [5, 5.41) is 13.4. The van der Waals surface area contributed by atoms with Gasteiger partial charge in [0, 0.05) is 22.4 Å². The number of carboxylic acid groups (broad SMARTS) is 1. The van der Waals surface area contributed by atoms with Gasteiger partial charge in [0.2, 0.25) is 0 Å². The molecule has 1 aliphatic rings. The number of thiophene rings is 1. The summed E-state index contributed by atoms with van der Waals surface area (Å²) >= 11 is 5.20. The molecule has 2 heterocycles. The number of nitrogens with zero attached hydrogens (tertiary/aromatic N) is 1. The van der Waals surface area contributed by atoms with E-state index >= 15 is 0 Å². The Morgan fingerprint density at radius 3 is 3.00 bits per heavy atom. The highest BCUT2D eigenvalue weighted by Gasteiger charge is 2.32. The monoisotopic (exact) mass is 317 g/mol. The zero-order valence-electron chi connectivity index (χ0n) is 9.73. The highest BCUT2D eigenvalue weighted by atomic mass is 79.9. The van der Waals surface area contributed by atoms with Crippen molar-refractivity contribution in [3.8, 4) is 0 Å². The fraction of sp³-hybridized carbons (Fsp3) is 0.583. The first-order valence-electron chi connectivity index (χ1n) is 5.77. The molecule has 0 unspecified atom stereocenters. The van der Waals surface area contributed by atoms with Gasteiger partial charge in [-0.15, -0.1) is 0 Å². The largest absolute Gasteiger partial charge is 0.481 e. The predicted octanol–water partition coefficient (Wildman–Crippen LogP) is 3.20. The van der Waals surface area contributed by atoms with Crippen molar-refractivity contribution in [2.24, 2.45) is 5.92 Å². The van der Waals surface area contributed by atoms with Gasteiger partial charge in [-0.3, -0.25) is 9.69 Å². The molecule has 2 atom stereocenters. The van der Waals surface area contributed by atoms with Gasteiger partial charge in [0.15, 0.2) is 0 Å². The van der Waals surface area contributed by atoms with Gasteiger partial charge in [-0.2, -0.15) is 11.3 Å². The maximum atomic E-state index is 11.1. The smallest absolute Gasteiger partial charge is 0.308 e. The third kappa shape index (κ3) is 2.89. The Bertz CT molecular complexity index is 407. The zero-order valence-corrected chi connectivity index (χ0v) is 12.1. The minimum atomic E-state index is -0.661. The summed E-state index contributed by atoms with van der Waals surface area (Å²) in [5.74, 6) is -0.882. The summed E-state index contributed by atoms with van der Waals surface area (Å²) in [6.07, 6.45) is 1.78. The Morgan fingerprint density at radius 1 is 1.65 bits per heavy atom. The molecule has 1 aromatic rings. The average Bonchev–Trinajstić information content (AvgIpc) is 2.67. The van der Waals surface area contributed by atoms with Crippen molar-refractivity contribution in [3.05, 3.63) is 20.8 Å². The molecular formula is C12H16BrNO2S. The number of hydrogen-bond donors (Lipinski definition) is 1. The number of rotatable bonds is 3. The van der Waals surface area contributed by atoms with Crippen LogP contribution in [0.25, 0.3) is 0 Å². The molecule has 17 heavy (non-hydrogen) atoms. The van der Waals surface area contributed by atoms with E-state index in [2.05, 4.69) is 31.6 Å². The van der Waals surface area contributed by atoms with Crippen LogP contribution in [0, 0.1) is 5.92 Å². The quantitative estimate of drug-likeness (QED) is 0.930. The van der Waals surface area contributed by atoms with E-state index in [4.69, 9.17) is 0 Å². The number of halogens is 1. The van der Waals surface area contributed by atoms with E-state index in [-0.39, 0.29) is 12.0 Å². The first kappa shape index (κ1) is 13.1. The molecule has 0 aromatic carbocycles. The first-order chi connectivity index (χ1) is 8.09. The molecule has 1 fully saturated rings. The lowest BCUT2D eigenvalue weighted by Gasteiger charge is -2.37. The van der Waals surface area contributed by atoms with Crippen molar-refractivity contribution in [2.45, 2.75) is 32.4 Å². The van der Waals surface area contributed by atoms with Crippen LogP contribution in [0.2, 0.25) is 0 Å². The van der Waals surface area contributed by atoms with Gasteiger partial charge in [0.05, 0.1) is 5.92 Å². The van der Waals surface area contributed by atoms with Crippen molar-refractivity contribution in [1.82, 2.24) is 4.90 Å². The number of hydrogen-bond acceptors (Lipinski definition) is 3. The van der Waals surface area contributed by atoms with Crippen molar-refractivity contribution in [1.29, 1.82) is 0 Å². The van der Waals surface area contributed by atoms with Crippen LogP contribution in [0.4, 0.5) is 0 Å². The van der Waals surface area contributed by atoms with Gasteiger partial charge < -0.3 is 5.11 Å². The second kappa shape index (κ2) is 5.50. The molecule has 3 nitrogen and oxygen atoms in total. The molecule has 1 aromatic heterocycles. The summed E-state index contributed by atoms with van der Waals surface area (Å²) in [4.78, 5) is 13.4. The summed E-state index contributed by atoms with van der Waals surface area (Å²) in [6, 6.07) is 0.119. The topological polar surface area (TPSA) is 40.5 Å². The van der Waals surface area contributed by atoms with Crippen LogP contribution < -0.4 is 0 Å². The zero-order chi connectivity index (χ0) is 12.4. The highest BCUT2D eigenvalue weighted by molar-refractivity contribution is 9.10. The van der Waals surface area contributed by atoms with Crippen LogP contribution in [0.15, 0.2) is 15.2 Å². The maximum absolute atomic E-state index is 11.1. The molecule has 2 rings (SSSR count). The minimum absolute atomic E-state index is 0.119. The SMILES string of the molecule is C[C@@H]1[C@H](C(=O)O)CCCN1Cc1cscc1Br. The Hall–Kier alpha value is -0.390. The standard InChI is InChI=1S/C12H16BrNO2S/c1-8-10(12(15)16)3-2-4-14(8)5-9-6-17-7-11(9)13/h6-8,10H,2-5H2,1H3,(H,15,16)/t8-,10-/m1/s1. The van der Waals surface area contributed by atoms with Crippen LogP contribution in [0.3, 0.4) is 0 Å². The lowest BCUT2D eigenvalue weighted by atomic mass is 9.90. The van der Waals surface area contributed by atoms with Crippen LogP contribution in [-0.4, -0.2) is 28.6 Å². The van der Waals surface area contributed by atoms with E-state index < -0.39 is 5.97 Å². The fourth-order valence-electron chi connectivity index (χ4n) is 2.41. The molecule has 0 spiro atoms. The molecule has 94 valence electrons. The van der Waals surface area contributed by atoms with Crippen molar-refractivity contribution < 1.29 is 9.90 Å². The van der Waals surface area contributed by atoms with E-state index in [0.29, 0.717) is 0 Å². The van der Waals surface area contributed by atoms with Crippen LogP contribution >= 0.6 is 27.3 Å². The molecule has 0 aliphatic carbocycles. The van der Waals surface area contributed by atoms with Gasteiger partial charge in [-0.05, 0) is 53.2 Å². The average molecular weight is 318 g/mol. The Kier molecular flexibility index (Phi) is 4.22. The van der Waals surface area contributed by atoms with Crippen LogP contribution in [0.1, 0.15) is 25.3 Å². The summed E-state index contributed by atoms with van der Waals surface area (Å²) in [6.45, 7) is 3.86. The molecule has 1 aliphatic heterocycles. The Labute approximate surface area is 114 Å². The molecular weight excluding hydrogens is 302 g/mol. The molecule has 1 N–H and O–H groups in total. The van der Waals surface area contributed by atoms with Crippen LogP contribution in [-0.2, 0) is 11.3 Å². The predicted molar refractivity (Wildman–Crippen MR) is 72.3 cm³/mol. The van der Waals surface area contributed by atoms with Gasteiger partial charge >= 0.3 is 5.97 Å². The maximum Gasteiger partial charge on any atom is 0.308 e. The number of aliphatic carboxylic acids is 1. The highest BCUT2D eigenvalue weighted by Crippen LogP contribution is 2.28. The van der Waals surface area contributed by atoms with E-state index in [1.165, 1.54) is 5.56 Å². The summed E-state index contributed by atoms with van der Waals surface area (Å²) in [5.41, 5.74) is 1.26. The van der Waals surface area contributed by atoms with E-state index in [0.717, 1.165) is 30.4 Å². The van der Waals surface area contributed by atoms with E-state index in [1.807, 2.05) is 6.92 Å². The normalized spacial score (nSPS) is 26.0. The summed E-state index contributed by atoms with van der Waals surface area (Å²) < 4.78 is 1.13. The van der Waals surface area contributed by atoms with Crippen molar-refractivity contribution in [3.63, 3.8) is 0 Å². The Morgan fingerprint density at radius 2 is 2.41 bits per heavy atom. The second-order valence-electron chi connectivity index (χ2n) is 4.54. The van der Waals surface area contributed by atoms with E-state index in [9.17, 15) is 9.90 Å². The lowest BCUT2D eigenvalue weighted by molar-refractivity contribution is -0.145. The third-order valence-corrected chi connectivity index (χ3v) is 5.33. The van der Waals surface area contributed by atoms with Crippen molar-refractivity contribution >= 4 is 33.2 Å². The molecule has 0 radical (unpaired) electrons.